The average Bonchev–Trinajstić information content (AvgIpc) is 2.35. The Morgan fingerprint density at radius 3 is 2.44 bits per heavy atom. The molecule has 0 N–H and O–H groups in total. The first-order valence-electron chi connectivity index (χ1n) is 6.97. The van der Waals surface area contributed by atoms with Crippen molar-refractivity contribution in [2.45, 2.75) is 64.7 Å². The van der Waals surface area contributed by atoms with Crippen LogP contribution in [0.25, 0.3) is 0 Å². The van der Waals surface area contributed by atoms with Crippen LogP contribution < -0.4 is 0 Å². The highest BCUT2D eigenvalue weighted by atomic mass is 79.9. The van der Waals surface area contributed by atoms with E-state index in [9.17, 15) is 0 Å². The molecule has 96 valence electrons. The van der Waals surface area contributed by atoms with E-state index in [0.29, 0.717) is 5.41 Å². The van der Waals surface area contributed by atoms with Gasteiger partial charge in [0.15, 0.2) is 0 Å². The first kappa shape index (κ1) is 14.5. The molecule has 0 saturated heterocycles. The molecule has 1 nitrogen and oxygen atoms in total. The SMILES string of the molecule is CCCCCCOCC1(CBr)CCCCC1. The molecule has 0 aliphatic heterocycles. The third-order valence-corrected chi connectivity index (χ3v) is 4.94. The molecular weight excluding hydrogens is 264 g/mol. The largest absolute Gasteiger partial charge is 0.381 e. The van der Waals surface area contributed by atoms with E-state index in [2.05, 4.69) is 22.9 Å². The van der Waals surface area contributed by atoms with Crippen LogP contribution in [0.15, 0.2) is 0 Å². The lowest BCUT2D eigenvalue weighted by molar-refractivity contribution is 0.0332. The molecule has 0 unspecified atom stereocenters. The van der Waals surface area contributed by atoms with E-state index in [1.807, 2.05) is 0 Å². The van der Waals surface area contributed by atoms with Crippen LogP contribution >= 0.6 is 15.9 Å². The van der Waals surface area contributed by atoms with Crippen LogP contribution in [0.5, 0.6) is 0 Å². The molecule has 0 aromatic rings. The molecule has 1 saturated carbocycles. The fraction of sp³-hybridized carbons (Fsp3) is 1.00. The van der Waals surface area contributed by atoms with E-state index >= 15 is 0 Å². The molecule has 0 aromatic carbocycles. The minimum absolute atomic E-state index is 0.461. The Morgan fingerprint density at radius 2 is 1.81 bits per heavy atom. The summed E-state index contributed by atoms with van der Waals surface area (Å²) in [6.45, 7) is 4.20. The molecule has 0 bridgehead atoms. The summed E-state index contributed by atoms with van der Waals surface area (Å²) in [5, 5.41) is 1.12. The minimum Gasteiger partial charge on any atom is -0.381 e. The van der Waals surface area contributed by atoms with Crippen LogP contribution in [0.2, 0.25) is 0 Å². The van der Waals surface area contributed by atoms with Crippen LogP contribution in [0, 0.1) is 5.41 Å². The lowest BCUT2D eigenvalue weighted by atomic mass is 9.76. The third kappa shape index (κ3) is 5.18. The predicted octanol–water partition coefficient (Wildman–Crippen LogP) is 4.93. The van der Waals surface area contributed by atoms with Crippen molar-refractivity contribution in [3.05, 3.63) is 0 Å². The molecule has 1 aliphatic carbocycles. The van der Waals surface area contributed by atoms with Crippen LogP contribution in [0.4, 0.5) is 0 Å². The van der Waals surface area contributed by atoms with Crippen LogP contribution in [0.1, 0.15) is 64.7 Å². The zero-order valence-corrected chi connectivity index (χ0v) is 12.4. The lowest BCUT2D eigenvalue weighted by Crippen LogP contribution is -2.31. The number of alkyl halides is 1. The smallest absolute Gasteiger partial charge is 0.0530 e. The van der Waals surface area contributed by atoms with E-state index in [-0.39, 0.29) is 0 Å². The third-order valence-electron chi connectivity index (χ3n) is 3.75. The molecule has 2 heteroatoms. The highest BCUT2D eigenvalue weighted by Gasteiger charge is 2.30. The van der Waals surface area contributed by atoms with Crippen molar-refractivity contribution in [3.8, 4) is 0 Å². The fourth-order valence-electron chi connectivity index (χ4n) is 2.54. The van der Waals surface area contributed by atoms with Gasteiger partial charge < -0.3 is 4.74 Å². The highest BCUT2D eigenvalue weighted by molar-refractivity contribution is 9.09. The van der Waals surface area contributed by atoms with Gasteiger partial charge in [0.05, 0.1) is 6.61 Å². The van der Waals surface area contributed by atoms with Gasteiger partial charge in [-0.3, -0.25) is 0 Å². The Balaban J connectivity index is 2.08. The Hall–Kier alpha value is 0.440. The number of hydrogen-bond donors (Lipinski definition) is 0. The topological polar surface area (TPSA) is 9.23 Å². The number of ether oxygens (including phenoxy) is 1. The van der Waals surface area contributed by atoms with Crippen molar-refractivity contribution in [1.29, 1.82) is 0 Å². The predicted molar refractivity (Wildman–Crippen MR) is 74.3 cm³/mol. The number of unbranched alkanes of at least 4 members (excludes halogenated alkanes) is 3. The van der Waals surface area contributed by atoms with Crippen molar-refractivity contribution < 1.29 is 4.74 Å². The summed E-state index contributed by atoms with van der Waals surface area (Å²) in [4.78, 5) is 0. The van der Waals surface area contributed by atoms with Crippen LogP contribution in [-0.4, -0.2) is 18.5 Å². The molecule has 1 fully saturated rings. The molecule has 0 atom stereocenters. The van der Waals surface area contributed by atoms with Gasteiger partial charge in [-0.1, -0.05) is 61.4 Å². The van der Waals surface area contributed by atoms with E-state index < -0.39 is 0 Å². The zero-order chi connectivity index (χ0) is 11.7. The highest BCUT2D eigenvalue weighted by Crippen LogP contribution is 2.38. The van der Waals surface area contributed by atoms with Crippen molar-refractivity contribution >= 4 is 15.9 Å². The van der Waals surface area contributed by atoms with Crippen molar-refractivity contribution in [2.24, 2.45) is 5.41 Å². The zero-order valence-electron chi connectivity index (χ0n) is 10.8. The van der Waals surface area contributed by atoms with Crippen LogP contribution in [0.3, 0.4) is 0 Å². The number of hydrogen-bond acceptors (Lipinski definition) is 1. The monoisotopic (exact) mass is 290 g/mol. The average molecular weight is 291 g/mol. The number of rotatable bonds is 8. The Morgan fingerprint density at radius 1 is 1.06 bits per heavy atom. The van der Waals surface area contributed by atoms with Crippen molar-refractivity contribution in [2.75, 3.05) is 18.5 Å². The van der Waals surface area contributed by atoms with Gasteiger partial charge >= 0.3 is 0 Å². The maximum absolute atomic E-state index is 5.88. The minimum atomic E-state index is 0.461. The molecule has 0 aromatic heterocycles. The Bertz CT molecular complexity index is 164. The first-order valence-corrected chi connectivity index (χ1v) is 8.09. The van der Waals surface area contributed by atoms with E-state index in [4.69, 9.17) is 4.74 Å². The maximum Gasteiger partial charge on any atom is 0.0530 e. The van der Waals surface area contributed by atoms with Crippen molar-refractivity contribution in [1.82, 2.24) is 0 Å². The van der Waals surface area contributed by atoms with E-state index in [1.165, 1.54) is 57.8 Å². The summed E-state index contributed by atoms with van der Waals surface area (Å²) in [5.74, 6) is 0. The Kier molecular flexibility index (Phi) is 7.72. The van der Waals surface area contributed by atoms with Crippen molar-refractivity contribution in [3.63, 3.8) is 0 Å². The van der Waals surface area contributed by atoms with Gasteiger partial charge in [-0.2, -0.15) is 0 Å². The van der Waals surface area contributed by atoms with Gasteiger partial charge in [0, 0.05) is 17.4 Å². The summed E-state index contributed by atoms with van der Waals surface area (Å²) in [7, 11) is 0. The van der Waals surface area contributed by atoms with E-state index in [1.54, 1.807) is 0 Å². The summed E-state index contributed by atoms with van der Waals surface area (Å²) < 4.78 is 5.88. The van der Waals surface area contributed by atoms with E-state index in [0.717, 1.165) is 18.5 Å². The molecule has 1 aliphatic rings. The second-order valence-electron chi connectivity index (χ2n) is 5.31. The molecule has 0 radical (unpaired) electrons. The molecule has 1 rings (SSSR count). The summed E-state index contributed by atoms with van der Waals surface area (Å²) >= 11 is 3.68. The van der Waals surface area contributed by atoms with Gasteiger partial charge in [-0.25, -0.2) is 0 Å². The second kappa shape index (κ2) is 8.52. The summed E-state index contributed by atoms with van der Waals surface area (Å²) in [6, 6.07) is 0. The van der Waals surface area contributed by atoms with Crippen LogP contribution in [-0.2, 0) is 4.74 Å². The Labute approximate surface area is 109 Å². The molecule has 0 heterocycles. The van der Waals surface area contributed by atoms with Gasteiger partial charge in [0.25, 0.3) is 0 Å². The van der Waals surface area contributed by atoms with Gasteiger partial charge in [-0.15, -0.1) is 0 Å². The number of halogens is 1. The normalized spacial score (nSPS) is 19.9. The van der Waals surface area contributed by atoms with Gasteiger partial charge in [0.2, 0.25) is 0 Å². The fourth-order valence-corrected chi connectivity index (χ4v) is 3.26. The first-order chi connectivity index (χ1) is 7.83. The van der Waals surface area contributed by atoms with Gasteiger partial charge in [-0.05, 0) is 19.3 Å². The quantitative estimate of drug-likeness (QED) is 0.455. The summed E-state index contributed by atoms with van der Waals surface area (Å²) in [5.41, 5.74) is 0.461. The maximum atomic E-state index is 5.88. The lowest BCUT2D eigenvalue weighted by Gasteiger charge is -2.35. The molecular formula is C14H27BrO. The molecule has 0 amide bonds. The molecule has 0 spiro atoms. The van der Waals surface area contributed by atoms with Gasteiger partial charge in [0.1, 0.15) is 0 Å². The molecule has 16 heavy (non-hydrogen) atoms. The summed E-state index contributed by atoms with van der Waals surface area (Å²) in [6.07, 6.45) is 12.2. The standard InChI is InChI=1S/C14H27BrO/c1-2-3-4-8-11-16-13-14(12-15)9-6-5-7-10-14/h2-13H2,1H3. The second-order valence-corrected chi connectivity index (χ2v) is 5.87.